The van der Waals surface area contributed by atoms with Crippen molar-refractivity contribution in [2.45, 2.75) is 0 Å². The number of ether oxygens (including phenoxy) is 2. The molecule has 120 valence electrons. The summed E-state index contributed by atoms with van der Waals surface area (Å²) in [7, 11) is 1.29. The normalized spacial score (nSPS) is 15.2. The largest absolute Gasteiger partial charge is 0.465 e. The highest BCUT2D eigenvalue weighted by Gasteiger charge is 2.25. The van der Waals surface area contributed by atoms with Gasteiger partial charge in [-0.05, 0) is 29.8 Å². The van der Waals surface area contributed by atoms with Gasteiger partial charge in [0.2, 0.25) is 5.90 Å². The van der Waals surface area contributed by atoms with E-state index < -0.39 is 11.9 Å². The van der Waals surface area contributed by atoms with Crippen LogP contribution in [0.1, 0.15) is 21.6 Å². The standard InChI is InChI=1S/C17H11ClN2O4/c1-23-16(21)12-5-3-2-4-10(12)8-14-17(22)24-15(20-14)13-9-11(18)6-7-19-13/h2-9H,1H3/b14-8-. The van der Waals surface area contributed by atoms with E-state index in [2.05, 4.69) is 9.98 Å². The maximum atomic E-state index is 12.0. The fraction of sp³-hybridized carbons (Fsp3) is 0.0588. The molecule has 0 saturated heterocycles. The Labute approximate surface area is 142 Å². The van der Waals surface area contributed by atoms with E-state index in [1.165, 1.54) is 19.4 Å². The van der Waals surface area contributed by atoms with Crippen LogP contribution in [0, 0.1) is 0 Å². The van der Waals surface area contributed by atoms with Crippen LogP contribution in [-0.2, 0) is 14.3 Å². The summed E-state index contributed by atoms with van der Waals surface area (Å²) in [5, 5.41) is 0.451. The van der Waals surface area contributed by atoms with Gasteiger partial charge in [0.05, 0.1) is 12.7 Å². The minimum Gasteiger partial charge on any atom is -0.465 e. The fourth-order valence-corrected chi connectivity index (χ4v) is 2.27. The predicted octanol–water partition coefficient (Wildman–Crippen LogP) is 2.87. The lowest BCUT2D eigenvalue weighted by molar-refractivity contribution is -0.129. The summed E-state index contributed by atoms with van der Waals surface area (Å²) < 4.78 is 9.85. The minimum atomic E-state index is -0.633. The van der Waals surface area contributed by atoms with Gasteiger partial charge in [-0.15, -0.1) is 0 Å². The molecular weight excluding hydrogens is 332 g/mol. The number of nitrogens with zero attached hydrogens (tertiary/aromatic N) is 2. The van der Waals surface area contributed by atoms with Gasteiger partial charge in [-0.25, -0.2) is 14.6 Å². The Morgan fingerprint density at radius 1 is 1.29 bits per heavy atom. The number of rotatable bonds is 3. The Bertz CT molecular complexity index is 890. The SMILES string of the molecule is COC(=O)c1ccccc1/C=C1\N=C(c2cc(Cl)ccn2)OC1=O. The van der Waals surface area contributed by atoms with E-state index in [1.54, 1.807) is 36.4 Å². The molecule has 1 aromatic heterocycles. The molecule has 0 aliphatic carbocycles. The van der Waals surface area contributed by atoms with Crippen LogP contribution in [-0.4, -0.2) is 29.9 Å². The maximum absolute atomic E-state index is 12.0. The van der Waals surface area contributed by atoms with Gasteiger partial charge in [-0.2, -0.15) is 0 Å². The molecule has 0 spiro atoms. The molecule has 1 aromatic carbocycles. The first-order valence-corrected chi connectivity index (χ1v) is 7.28. The zero-order valence-corrected chi connectivity index (χ0v) is 13.3. The average molecular weight is 343 g/mol. The number of cyclic esters (lactones) is 1. The zero-order valence-electron chi connectivity index (χ0n) is 12.5. The van der Waals surface area contributed by atoms with Gasteiger partial charge in [0.25, 0.3) is 0 Å². The van der Waals surface area contributed by atoms with Gasteiger partial charge >= 0.3 is 11.9 Å². The number of halogens is 1. The lowest BCUT2D eigenvalue weighted by atomic mass is 10.1. The number of benzene rings is 1. The second kappa shape index (κ2) is 6.64. The van der Waals surface area contributed by atoms with Crippen LogP contribution < -0.4 is 0 Å². The third kappa shape index (κ3) is 3.18. The third-order valence-electron chi connectivity index (χ3n) is 3.22. The van der Waals surface area contributed by atoms with Crippen molar-refractivity contribution < 1.29 is 19.1 Å². The van der Waals surface area contributed by atoms with Crippen molar-refractivity contribution in [2.75, 3.05) is 7.11 Å². The molecule has 6 nitrogen and oxygen atoms in total. The number of carbonyl (C=O) groups is 2. The summed E-state index contributed by atoms with van der Waals surface area (Å²) in [6, 6.07) is 9.86. The zero-order chi connectivity index (χ0) is 17.1. The van der Waals surface area contributed by atoms with Crippen LogP contribution in [0.3, 0.4) is 0 Å². The number of hydrogen-bond donors (Lipinski definition) is 0. The highest BCUT2D eigenvalue weighted by Crippen LogP contribution is 2.21. The highest BCUT2D eigenvalue weighted by atomic mass is 35.5. The molecule has 1 aliphatic heterocycles. The maximum Gasteiger partial charge on any atom is 0.363 e. The van der Waals surface area contributed by atoms with Gasteiger partial charge in [0, 0.05) is 11.2 Å². The molecule has 0 N–H and O–H groups in total. The molecular formula is C17H11ClN2O4. The number of hydrogen-bond acceptors (Lipinski definition) is 6. The molecule has 24 heavy (non-hydrogen) atoms. The Balaban J connectivity index is 1.99. The molecule has 0 unspecified atom stereocenters. The van der Waals surface area contributed by atoms with E-state index in [0.717, 1.165) is 0 Å². The van der Waals surface area contributed by atoms with Gasteiger partial charge in [0.1, 0.15) is 5.69 Å². The molecule has 0 saturated carbocycles. The van der Waals surface area contributed by atoms with E-state index >= 15 is 0 Å². The molecule has 7 heteroatoms. The fourth-order valence-electron chi connectivity index (χ4n) is 2.11. The molecule has 1 aliphatic rings. The lowest BCUT2D eigenvalue weighted by Crippen LogP contribution is -2.07. The molecule has 0 amide bonds. The van der Waals surface area contributed by atoms with Crippen LogP contribution in [0.15, 0.2) is 53.3 Å². The molecule has 2 heterocycles. The summed E-state index contributed by atoms with van der Waals surface area (Å²) in [4.78, 5) is 32.0. The van der Waals surface area contributed by atoms with Crippen molar-refractivity contribution in [2.24, 2.45) is 4.99 Å². The monoisotopic (exact) mass is 342 g/mol. The molecule has 0 atom stereocenters. The van der Waals surface area contributed by atoms with Crippen LogP contribution in [0.4, 0.5) is 0 Å². The summed E-state index contributed by atoms with van der Waals surface area (Å²) >= 11 is 5.90. The second-order valence-electron chi connectivity index (χ2n) is 4.77. The first kappa shape index (κ1) is 15.9. The molecule has 2 aromatic rings. The van der Waals surface area contributed by atoms with Crippen molar-refractivity contribution >= 4 is 35.5 Å². The number of aliphatic imine (C=N–C) groups is 1. The minimum absolute atomic E-state index is 0.0585. The smallest absolute Gasteiger partial charge is 0.363 e. The first-order valence-electron chi connectivity index (χ1n) is 6.90. The third-order valence-corrected chi connectivity index (χ3v) is 3.46. The van der Waals surface area contributed by atoms with Crippen molar-refractivity contribution in [1.29, 1.82) is 0 Å². The number of methoxy groups -OCH3 is 1. The van der Waals surface area contributed by atoms with Gasteiger partial charge in [-0.3, -0.25) is 4.98 Å². The summed E-state index contributed by atoms with van der Waals surface area (Å²) in [6.07, 6.45) is 2.95. The average Bonchev–Trinajstić information content (AvgIpc) is 2.95. The Kier molecular flexibility index (Phi) is 4.39. The number of carbonyl (C=O) groups excluding carboxylic acids is 2. The Morgan fingerprint density at radius 2 is 2.08 bits per heavy atom. The van der Waals surface area contributed by atoms with E-state index in [1.807, 2.05) is 0 Å². The Morgan fingerprint density at radius 3 is 2.83 bits per heavy atom. The van der Waals surface area contributed by atoms with E-state index in [9.17, 15) is 9.59 Å². The molecule has 0 bridgehead atoms. The topological polar surface area (TPSA) is 77.8 Å². The van der Waals surface area contributed by atoms with Crippen LogP contribution in [0.25, 0.3) is 6.08 Å². The van der Waals surface area contributed by atoms with E-state index in [-0.39, 0.29) is 11.6 Å². The lowest BCUT2D eigenvalue weighted by Gasteiger charge is -2.03. The van der Waals surface area contributed by atoms with Crippen molar-refractivity contribution in [3.8, 4) is 0 Å². The number of aromatic nitrogens is 1. The van der Waals surface area contributed by atoms with Crippen LogP contribution >= 0.6 is 11.6 Å². The van der Waals surface area contributed by atoms with Gasteiger partial charge in [0.15, 0.2) is 5.70 Å². The van der Waals surface area contributed by atoms with Crippen LogP contribution in [0.2, 0.25) is 5.02 Å². The van der Waals surface area contributed by atoms with E-state index in [4.69, 9.17) is 21.1 Å². The molecule has 3 rings (SSSR count). The number of esters is 2. The molecule has 0 fully saturated rings. The summed E-state index contributed by atoms with van der Waals surface area (Å²) in [5.74, 6) is -1.08. The number of pyridine rings is 1. The second-order valence-corrected chi connectivity index (χ2v) is 5.21. The van der Waals surface area contributed by atoms with Crippen molar-refractivity contribution in [1.82, 2.24) is 4.98 Å². The first-order chi connectivity index (χ1) is 11.6. The Hall–Kier alpha value is -2.99. The van der Waals surface area contributed by atoms with Gasteiger partial charge < -0.3 is 9.47 Å². The summed E-state index contributed by atoms with van der Waals surface area (Å²) in [6.45, 7) is 0. The quantitative estimate of drug-likeness (QED) is 0.633. The predicted molar refractivity (Wildman–Crippen MR) is 87.6 cm³/mol. The summed E-state index contributed by atoms with van der Waals surface area (Å²) in [5.41, 5.74) is 1.23. The highest BCUT2D eigenvalue weighted by molar-refractivity contribution is 6.31. The van der Waals surface area contributed by atoms with Crippen molar-refractivity contribution in [3.63, 3.8) is 0 Å². The van der Waals surface area contributed by atoms with Gasteiger partial charge in [-0.1, -0.05) is 29.8 Å². The van der Waals surface area contributed by atoms with Crippen LogP contribution in [0.5, 0.6) is 0 Å². The van der Waals surface area contributed by atoms with E-state index in [0.29, 0.717) is 21.8 Å². The molecule has 0 radical (unpaired) electrons. The van der Waals surface area contributed by atoms with Crippen molar-refractivity contribution in [3.05, 3.63) is 70.1 Å².